The normalized spacial score (nSPS) is 15.6. The molecule has 0 atom stereocenters. The third-order valence-corrected chi connectivity index (χ3v) is 6.45. The van der Waals surface area contributed by atoms with Crippen LogP contribution in [0.15, 0.2) is 11.6 Å². The molecule has 3 rings (SSSR count). The lowest BCUT2D eigenvalue weighted by atomic mass is 9.94. The third kappa shape index (κ3) is 7.93. The van der Waals surface area contributed by atoms with E-state index in [-0.39, 0.29) is 48.6 Å². The summed E-state index contributed by atoms with van der Waals surface area (Å²) in [6.45, 7) is 11.6. The number of nitrogens with zero attached hydrogens (tertiary/aromatic N) is 1. The smallest absolute Gasteiger partial charge is 0.342 e. The molecule has 0 bridgehead atoms. The first-order valence-corrected chi connectivity index (χ1v) is 12.4. The Hall–Kier alpha value is -2.62. The van der Waals surface area contributed by atoms with Crippen LogP contribution in [-0.4, -0.2) is 69.4 Å². The third-order valence-electron chi connectivity index (χ3n) is 6.45. The van der Waals surface area contributed by atoms with Gasteiger partial charge in [-0.3, -0.25) is 14.5 Å². The van der Waals surface area contributed by atoms with E-state index in [0.29, 0.717) is 56.1 Å². The number of fused-ring (bicyclic) bond motifs is 1. The molecule has 1 aromatic carbocycles. The molecule has 0 aliphatic carbocycles. The number of carbonyl (C=O) groups excluding carboxylic acids is 3. The Labute approximate surface area is 224 Å². The van der Waals surface area contributed by atoms with Gasteiger partial charge in [0, 0.05) is 37.2 Å². The predicted molar refractivity (Wildman–Crippen MR) is 139 cm³/mol. The molecule has 1 fully saturated rings. The Bertz CT molecular complexity index is 1010. The number of allylic oxidation sites excluding steroid dienone is 2. The van der Waals surface area contributed by atoms with E-state index in [4.69, 9.17) is 23.7 Å². The van der Waals surface area contributed by atoms with Crippen LogP contribution in [0.2, 0.25) is 0 Å². The van der Waals surface area contributed by atoms with Crippen LogP contribution in [0.3, 0.4) is 0 Å². The number of methoxy groups -OCH3 is 1. The molecule has 9 nitrogen and oxygen atoms in total. The van der Waals surface area contributed by atoms with Crippen LogP contribution >= 0.6 is 12.4 Å². The molecule has 37 heavy (non-hydrogen) atoms. The summed E-state index contributed by atoms with van der Waals surface area (Å²) in [5.41, 5.74) is 3.32. The fraction of sp³-hybridized carbons (Fsp3) is 0.593. The first kappa shape index (κ1) is 30.6. The Balaban J connectivity index is 0.00000481. The van der Waals surface area contributed by atoms with Crippen LogP contribution in [0.25, 0.3) is 0 Å². The predicted octanol–water partition coefficient (Wildman–Crippen LogP) is 3.80. The Morgan fingerprint density at radius 3 is 2.49 bits per heavy atom. The molecule has 206 valence electrons. The number of hydrogen-bond donors (Lipinski definition) is 0. The average molecular weight is 540 g/mol. The number of benzene rings is 1. The van der Waals surface area contributed by atoms with Crippen molar-refractivity contribution in [3.8, 4) is 11.5 Å². The molecule has 0 spiro atoms. The van der Waals surface area contributed by atoms with Crippen LogP contribution in [0, 0.1) is 12.8 Å². The summed E-state index contributed by atoms with van der Waals surface area (Å²) in [6.07, 6.45) is 3.12. The van der Waals surface area contributed by atoms with E-state index in [2.05, 4.69) is 4.90 Å². The van der Waals surface area contributed by atoms with Crippen molar-refractivity contribution in [1.82, 2.24) is 4.90 Å². The summed E-state index contributed by atoms with van der Waals surface area (Å²) < 4.78 is 27.3. The highest BCUT2D eigenvalue weighted by molar-refractivity contribution is 5.99. The number of cyclic esters (lactones) is 1. The molecule has 0 unspecified atom stereocenters. The van der Waals surface area contributed by atoms with Crippen molar-refractivity contribution < 1.29 is 38.1 Å². The van der Waals surface area contributed by atoms with Crippen LogP contribution in [-0.2, 0) is 36.8 Å². The number of rotatable bonds is 11. The standard InChI is InChI=1S/C27H37NO8.ClH/c1-17(2)26(30)36-25-20(24(32-5)19(4)21-16-35-27(31)23(21)25)8-6-18(3)7-9-22(29)34-15-12-28-10-13-33-14-11-28;/h6,17H,7-16H2,1-5H3;1H/b18-6+;. The first-order chi connectivity index (χ1) is 17.2. The summed E-state index contributed by atoms with van der Waals surface area (Å²) in [5.74, 6) is -0.805. The fourth-order valence-electron chi connectivity index (χ4n) is 4.20. The maximum Gasteiger partial charge on any atom is 0.342 e. The number of halogens is 1. The van der Waals surface area contributed by atoms with Gasteiger partial charge in [-0.2, -0.15) is 0 Å². The molecule has 2 aliphatic rings. The number of ether oxygens (including phenoxy) is 5. The molecule has 0 radical (unpaired) electrons. The highest BCUT2D eigenvalue weighted by atomic mass is 35.5. The Kier molecular flexibility index (Phi) is 11.9. The van der Waals surface area contributed by atoms with Gasteiger partial charge in [-0.25, -0.2) is 4.79 Å². The minimum Gasteiger partial charge on any atom is -0.496 e. The highest BCUT2D eigenvalue weighted by Crippen LogP contribution is 2.43. The number of carbonyl (C=O) groups is 3. The van der Waals surface area contributed by atoms with Crippen molar-refractivity contribution in [2.75, 3.05) is 46.6 Å². The van der Waals surface area contributed by atoms with Crippen LogP contribution < -0.4 is 9.47 Å². The molecule has 0 aromatic heterocycles. The largest absolute Gasteiger partial charge is 0.496 e. The zero-order valence-electron chi connectivity index (χ0n) is 22.3. The summed E-state index contributed by atoms with van der Waals surface area (Å²) in [7, 11) is 1.55. The lowest BCUT2D eigenvalue weighted by Crippen LogP contribution is -2.38. The van der Waals surface area contributed by atoms with Crippen molar-refractivity contribution in [1.29, 1.82) is 0 Å². The van der Waals surface area contributed by atoms with Gasteiger partial charge < -0.3 is 23.7 Å². The molecule has 0 saturated carbocycles. The maximum atomic E-state index is 12.5. The van der Waals surface area contributed by atoms with Gasteiger partial charge in [-0.05, 0) is 32.3 Å². The molecule has 2 heterocycles. The van der Waals surface area contributed by atoms with E-state index in [1.807, 2.05) is 19.9 Å². The molecule has 0 amide bonds. The number of hydrogen-bond acceptors (Lipinski definition) is 9. The van der Waals surface area contributed by atoms with Crippen LogP contribution in [0.4, 0.5) is 0 Å². The second-order valence-corrected chi connectivity index (χ2v) is 9.40. The quantitative estimate of drug-likeness (QED) is 0.236. The summed E-state index contributed by atoms with van der Waals surface area (Å²) >= 11 is 0. The van der Waals surface area contributed by atoms with Gasteiger partial charge in [0.2, 0.25) is 0 Å². The molecular formula is C27H38ClNO8. The van der Waals surface area contributed by atoms with Gasteiger partial charge in [-0.15, -0.1) is 12.4 Å². The van der Waals surface area contributed by atoms with E-state index in [9.17, 15) is 14.4 Å². The van der Waals surface area contributed by atoms with E-state index in [1.54, 1.807) is 21.0 Å². The lowest BCUT2D eigenvalue weighted by Gasteiger charge is -2.26. The van der Waals surface area contributed by atoms with Gasteiger partial charge in [0.05, 0.1) is 26.2 Å². The molecule has 0 N–H and O–H groups in total. The minimum absolute atomic E-state index is 0. The molecule has 10 heteroatoms. The zero-order valence-corrected chi connectivity index (χ0v) is 23.2. The Morgan fingerprint density at radius 2 is 1.84 bits per heavy atom. The molecule has 1 saturated heterocycles. The van der Waals surface area contributed by atoms with Gasteiger partial charge in [0.25, 0.3) is 0 Å². The second-order valence-electron chi connectivity index (χ2n) is 9.40. The van der Waals surface area contributed by atoms with E-state index < -0.39 is 11.9 Å². The molecule has 2 aliphatic heterocycles. The number of esters is 3. The minimum atomic E-state index is -0.510. The van der Waals surface area contributed by atoms with E-state index in [0.717, 1.165) is 24.2 Å². The van der Waals surface area contributed by atoms with Crippen LogP contribution in [0.1, 0.15) is 60.7 Å². The van der Waals surface area contributed by atoms with Gasteiger partial charge in [0.15, 0.2) is 5.75 Å². The fourth-order valence-corrected chi connectivity index (χ4v) is 4.20. The maximum absolute atomic E-state index is 12.5. The van der Waals surface area contributed by atoms with Crippen molar-refractivity contribution in [3.05, 3.63) is 33.9 Å². The van der Waals surface area contributed by atoms with E-state index >= 15 is 0 Å². The zero-order chi connectivity index (χ0) is 26.2. The highest BCUT2D eigenvalue weighted by Gasteiger charge is 2.34. The van der Waals surface area contributed by atoms with Crippen molar-refractivity contribution >= 4 is 30.3 Å². The molecule has 1 aromatic rings. The van der Waals surface area contributed by atoms with Crippen molar-refractivity contribution in [2.45, 2.75) is 53.6 Å². The summed E-state index contributed by atoms with van der Waals surface area (Å²) in [6, 6.07) is 0. The topological polar surface area (TPSA) is 101 Å². The second kappa shape index (κ2) is 14.4. The molecular weight excluding hydrogens is 502 g/mol. The number of morpholine rings is 1. The lowest BCUT2D eigenvalue weighted by molar-refractivity contribution is -0.144. The van der Waals surface area contributed by atoms with Crippen molar-refractivity contribution in [3.63, 3.8) is 0 Å². The summed E-state index contributed by atoms with van der Waals surface area (Å²) in [5, 5.41) is 0. The Morgan fingerprint density at radius 1 is 1.14 bits per heavy atom. The van der Waals surface area contributed by atoms with Crippen LogP contribution in [0.5, 0.6) is 11.5 Å². The SMILES string of the molecule is COc1c(C)c2c(c(OC(=O)C(C)C)c1C/C=C(\C)CCC(=O)OCCN1CCOCC1)C(=O)OC2.Cl. The summed E-state index contributed by atoms with van der Waals surface area (Å²) in [4.78, 5) is 39.4. The first-order valence-electron chi connectivity index (χ1n) is 12.4. The average Bonchev–Trinajstić information content (AvgIpc) is 3.25. The monoisotopic (exact) mass is 539 g/mol. The van der Waals surface area contributed by atoms with E-state index in [1.165, 1.54) is 0 Å². The van der Waals surface area contributed by atoms with Gasteiger partial charge in [-0.1, -0.05) is 25.5 Å². The van der Waals surface area contributed by atoms with Gasteiger partial charge in [0.1, 0.15) is 24.5 Å². The van der Waals surface area contributed by atoms with Crippen molar-refractivity contribution in [2.24, 2.45) is 5.92 Å². The van der Waals surface area contributed by atoms with Gasteiger partial charge >= 0.3 is 17.9 Å².